The number of carbonyl (C=O) groups is 1. The van der Waals surface area contributed by atoms with Crippen LogP contribution in [0.3, 0.4) is 0 Å². The third-order valence-corrected chi connectivity index (χ3v) is 3.35. The van der Waals surface area contributed by atoms with E-state index in [4.69, 9.17) is 4.74 Å². The molecule has 2 aromatic rings. The van der Waals surface area contributed by atoms with Gasteiger partial charge in [-0.1, -0.05) is 24.3 Å². The Labute approximate surface area is 112 Å². The fourth-order valence-corrected chi connectivity index (χ4v) is 2.11. The molecule has 0 heterocycles. The van der Waals surface area contributed by atoms with Crippen LogP contribution in [0, 0.1) is 13.8 Å². The summed E-state index contributed by atoms with van der Waals surface area (Å²) in [4.78, 5) is 11.2. The van der Waals surface area contributed by atoms with Crippen molar-refractivity contribution in [3.05, 3.63) is 53.1 Å². The summed E-state index contributed by atoms with van der Waals surface area (Å²) in [7, 11) is 1.47. The number of hydrogen-bond donors (Lipinski definition) is 1. The van der Waals surface area contributed by atoms with E-state index in [0.717, 1.165) is 16.7 Å². The number of aryl methyl sites for hydroxylation is 1. The fraction of sp³-hybridized carbons (Fsp3) is 0.188. The minimum atomic E-state index is -0.982. The molecule has 0 aromatic heterocycles. The lowest BCUT2D eigenvalue weighted by molar-refractivity contribution is 0.0693. The van der Waals surface area contributed by atoms with Crippen molar-refractivity contribution in [2.75, 3.05) is 7.11 Å². The van der Waals surface area contributed by atoms with Gasteiger partial charge in [-0.25, -0.2) is 4.79 Å². The van der Waals surface area contributed by atoms with Crippen molar-refractivity contribution in [1.29, 1.82) is 0 Å². The molecule has 19 heavy (non-hydrogen) atoms. The van der Waals surface area contributed by atoms with Gasteiger partial charge in [-0.2, -0.15) is 0 Å². The van der Waals surface area contributed by atoms with Crippen molar-refractivity contribution < 1.29 is 14.6 Å². The number of carboxylic acid groups (broad SMARTS) is 1. The lowest BCUT2D eigenvalue weighted by Crippen LogP contribution is -2.01. The van der Waals surface area contributed by atoms with E-state index in [1.807, 2.05) is 38.1 Å². The standard InChI is InChI=1S/C16H16O3/c1-10-5-4-6-13(11(10)2)12-7-8-15(19-3)14(9-12)16(17)18/h4-9H,1-3H3,(H,17,18). The van der Waals surface area contributed by atoms with Crippen LogP contribution in [0.15, 0.2) is 36.4 Å². The van der Waals surface area contributed by atoms with Gasteiger partial charge in [0.05, 0.1) is 7.11 Å². The summed E-state index contributed by atoms with van der Waals surface area (Å²) in [5, 5.41) is 9.21. The van der Waals surface area contributed by atoms with Crippen LogP contribution in [-0.2, 0) is 0 Å². The molecule has 0 aliphatic rings. The van der Waals surface area contributed by atoms with E-state index in [2.05, 4.69) is 0 Å². The third kappa shape index (κ3) is 2.45. The number of hydrogen-bond acceptors (Lipinski definition) is 2. The van der Waals surface area contributed by atoms with Crippen LogP contribution in [0.25, 0.3) is 11.1 Å². The Morgan fingerprint density at radius 2 is 1.89 bits per heavy atom. The van der Waals surface area contributed by atoms with Crippen LogP contribution < -0.4 is 4.74 Å². The second kappa shape index (κ2) is 5.14. The van der Waals surface area contributed by atoms with Gasteiger partial charge in [0.15, 0.2) is 0 Å². The molecule has 2 rings (SSSR count). The molecule has 1 N–H and O–H groups in total. The van der Waals surface area contributed by atoms with E-state index >= 15 is 0 Å². The molecule has 3 heteroatoms. The highest BCUT2D eigenvalue weighted by Gasteiger charge is 2.13. The molecule has 0 aliphatic carbocycles. The van der Waals surface area contributed by atoms with Crippen LogP contribution >= 0.6 is 0 Å². The van der Waals surface area contributed by atoms with Gasteiger partial charge < -0.3 is 9.84 Å². The number of rotatable bonds is 3. The molecular formula is C16H16O3. The quantitative estimate of drug-likeness (QED) is 0.911. The van der Waals surface area contributed by atoms with Gasteiger partial charge >= 0.3 is 5.97 Å². The Bertz CT molecular complexity index is 630. The van der Waals surface area contributed by atoms with Gasteiger partial charge in [0.25, 0.3) is 0 Å². The summed E-state index contributed by atoms with van der Waals surface area (Å²) in [6.45, 7) is 4.08. The number of methoxy groups -OCH3 is 1. The van der Waals surface area contributed by atoms with Gasteiger partial charge in [-0.15, -0.1) is 0 Å². The second-order valence-corrected chi connectivity index (χ2v) is 4.47. The highest BCUT2D eigenvalue weighted by molar-refractivity contribution is 5.93. The lowest BCUT2D eigenvalue weighted by atomic mass is 9.95. The van der Waals surface area contributed by atoms with Crippen molar-refractivity contribution in [2.24, 2.45) is 0 Å². The molecule has 0 spiro atoms. The van der Waals surface area contributed by atoms with Crippen LogP contribution in [0.5, 0.6) is 5.75 Å². The molecule has 0 atom stereocenters. The Kier molecular flexibility index (Phi) is 3.56. The van der Waals surface area contributed by atoms with Gasteiger partial charge in [0.1, 0.15) is 11.3 Å². The van der Waals surface area contributed by atoms with E-state index in [1.54, 1.807) is 12.1 Å². The largest absolute Gasteiger partial charge is 0.496 e. The number of ether oxygens (including phenoxy) is 1. The van der Waals surface area contributed by atoms with Crippen molar-refractivity contribution in [2.45, 2.75) is 13.8 Å². The fourth-order valence-electron chi connectivity index (χ4n) is 2.11. The number of aromatic carboxylic acids is 1. The molecule has 0 amide bonds. The van der Waals surface area contributed by atoms with Gasteiger partial charge in [-0.3, -0.25) is 0 Å². The summed E-state index contributed by atoms with van der Waals surface area (Å²) in [5.74, 6) is -0.606. The first-order valence-corrected chi connectivity index (χ1v) is 6.02. The predicted octanol–water partition coefficient (Wildman–Crippen LogP) is 3.68. The number of carboxylic acids is 1. The van der Waals surface area contributed by atoms with Gasteiger partial charge in [0.2, 0.25) is 0 Å². The maximum atomic E-state index is 11.2. The zero-order chi connectivity index (χ0) is 14.0. The molecule has 3 nitrogen and oxygen atoms in total. The second-order valence-electron chi connectivity index (χ2n) is 4.47. The summed E-state index contributed by atoms with van der Waals surface area (Å²) in [5.41, 5.74) is 4.46. The summed E-state index contributed by atoms with van der Waals surface area (Å²) in [6.07, 6.45) is 0. The average molecular weight is 256 g/mol. The maximum absolute atomic E-state index is 11.2. The maximum Gasteiger partial charge on any atom is 0.339 e. The van der Waals surface area contributed by atoms with E-state index in [0.29, 0.717) is 5.75 Å². The van der Waals surface area contributed by atoms with E-state index in [-0.39, 0.29) is 5.56 Å². The first-order valence-electron chi connectivity index (χ1n) is 6.02. The molecule has 0 aliphatic heterocycles. The molecule has 0 saturated carbocycles. The van der Waals surface area contributed by atoms with E-state index in [1.165, 1.54) is 12.7 Å². The molecule has 0 fully saturated rings. The van der Waals surface area contributed by atoms with Crippen molar-refractivity contribution in [3.63, 3.8) is 0 Å². The topological polar surface area (TPSA) is 46.5 Å². The van der Waals surface area contributed by atoms with E-state index < -0.39 is 5.97 Å². The summed E-state index contributed by atoms with van der Waals surface area (Å²) >= 11 is 0. The van der Waals surface area contributed by atoms with Crippen molar-refractivity contribution in [3.8, 4) is 16.9 Å². The SMILES string of the molecule is COc1ccc(-c2cccc(C)c2C)cc1C(=O)O. The monoisotopic (exact) mass is 256 g/mol. The highest BCUT2D eigenvalue weighted by atomic mass is 16.5. The molecule has 0 unspecified atom stereocenters. The summed E-state index contributed by atoms with van der Waals surface area (Å²) < 4.78 is 5.07. The highest BCUT2D eigenvalue weighted by Crippen LogP contribution is 2.29. The molecule has 2 aromatic carbocycles. The van der Waals surface area contributed by atoms with Crippen LogP contribution in [0.4, 0.5) is 0 Å². The Morgan fingerprint density at radius 1 is 1.16 bits per heavy atom. The Hall–Kier alpha value is -2.29. The normalized spacial score (nSPS) is 10.3. The number of benzene rings is 2. The first kappa shape index (κ1) is 13.1. The zero-order valence-electron chi connectivity index (χ0n) is 11.2. The first-order chi connectivity index (χ1) is 9.04. The average Bonchev–Trinajstić information content (AvgIpc) is 2.41. The van der Waals surface area contributed by atoms with Crippen LogP contribution in [0.2, 0.25) is 0 Å². The molecule has 0 saturated heterocycles. The Morgan fingerprint density at radius 3 is 2.53 bits per heavy atom. The third-order valence-electron chi connectivity index (χ3n) is 3.35. The molecule has 0 bridgehead atoms. The molecule has 98 valence electrons. The Balaban J connectivity index is 2.61. The lowest BCUT2D eigenvalue weighted by Gasteiger charge is -2.11. The van der Waals surface area contributed by atoms with Gasteiger partial charge in [-0.05, 0) is 48.2 Å². The minimum Gasteiger partial charge on any atom is -0.496 e. The summed E-state index contributed by atoms with van der Waals surface area (Å²) in [6, 6.07) is 11.2. The van der Waals surface area contributed by atoms with Crippen LogP contribution in [-0.4, -0.2) is 18.2 Å². The minimum absolute atomic E-state index is 0.181. The van der Waals surface area contributed by atoms with Crippen molar-refractivity contribution in [1.82, 2.24) is 0 Å². The van der Waals surface area contributed by atoms with Crippen LogP contribution in [0.1, 0.15) is 21.5 Å². The van der Waals surface area contributed by atoms with Crippen molar-refractivity contribution >= 4 is 5.97 Å². The van der Waals surface area contributed by atoms with Gasteiger partial charge in [0, 0.05) is 0 Å². The smallest absolute Gasteiger partial charge is 0.339 e. The molecule has 0 radical (unpaired) electrons. The predicted molar refractivity (Wildman–Crippen MR) is 74.9 cm³/mol. The molecular weight excluding hydrogens is 240 g/mol. The zero-order valence-corrected chi connectivity index (χ0v) is 11.2. The van der Waals surface area contributed by atoms with E-state index in [9.17, 15) is 9.90 Å².